The molecule has 3 aliphatic rings. The maximum absolute atomic E-state index is 6.64. The smallest absolute Gasteiger partial charge is 0.399 e. The Kier molecular flexibility index (Phi) is 10.3. The first kappa shape index (κ1) is 35.7. The molecule has 1 aliphatic carbocycles. The van der Waals surface area contributed by atoms with E-state index in [9.17, 15) is 0 Å². The Hall–Kier alpha value is -0.630. The Morgan fingerprint density at radius 1 is 0.578 bits per heavy atom. The van der Waals surface area contributed by atoms with Gasteiger partial charge in [-0.2, -0.15) is 0 Å². The van der Waals surface area contributed by atoms with Gasteiger partial charge in [-0.3, -0.25) is 0 Å². The molecule has 0 N–H and O–H groups in total. The summed E-state index contributed by atoms with van der Waals surface area (Å²) in [4.78, 5) is 2.86. The van der Waals surface area contributed by atoms with Gasteiger partial charge in [0.05, 0.1) is 22.4 Å². The van der Waals surface area contributed by atoms with Gasteiger partial charge in [-0.15, -0.1) is 22.7 Å². The molecule has 0 saturated carbocycles. The predicted octanol–water partition coefficient (Wildman–Crippen LogP) is 9.89. The van der Waals surface area contributed by atoms with E-state index in [-0.39, 0.29) is 42.1 Å². The summed E-state index contributed by atoms with van der Waals surface area (Å²) < 4.78 is 29.0. The van der Waals surface area contributed by atoms with Crippen molar-refractivity contribution in [2.45, 2.75) is 175 Å². The Balaban J connectivity index is 1.65. The van der Waals surface area contributed by atoms with Crippen LogP contribution >= 0.6 is 22.7 Å². The second kappa shape index (κ2) is 13.0. The first-order valence-electron chi connectivity index (χ1n) is 18.0. The number of unbranched alkanes of at least 4 members (excludes halogenated alkanes) is 2. The summed E-state index contributed by atoms with van der Waals surface area (Å²) in [6.07, 6.45) is 12.5. The van der Waals surface area contributed by atoms with Crippen molar-refractivity contribution in [3.8, 4) is 9.75 Å². The lowest BCUT2D eigenvalue weighted by Crippen LogP contribution is -2.41. The second-order valence-electron chi connectivity index (χ2n) is 16.3. The van der Waals surface area contributed by atoms with Gasteiger partial charge in [-0.1, -0.05) is 79.1 Å². The molecule has 0 spiro atoms. The van der Waals surface area contributed by atoms with Gasteiger partial charge in [0.2, 0.25) is 0 Å². The zero-order valence-electron chi connectivity index (χ0n) is 30.5. The zero-order valence-corrected chi connectivity index (χ0v) is 32.1. The third-order valence-corrected chi connectivity index (χ3v) is 14.5. The topological polar surface area (TPSA) is 36.9 Å². The average Bonchev–Trinajstić information content (AvgIpc) is 3.72. The van der Waals surface area contributed by atoms with Crippen molar-refractivity contribution in [1.29, 1.82) is 0 Å². The van der Waals surface area contributed by atoms with Gasteiger partial charge in [0.15, 0.2) is 0 Å². The Morgan fingerprint density at radius 2 is 0.911 bits per heavy atom. The van der Waals surface area contributed by atoms with Crippen LogP contribution in [-0.2, 0) is 24.0 Å². The Morgan fingerprint density at radius 3 is 1.20 bits per heavy atom. The summed E-state index contributed by atoms with van der Waals surface area (Å²) in [6.45, 7) is 26.7. The van der Waals surface area contributed by atoms with E-state index in [4.69, 9.17) is 18.6 Å². The van der Waals surface area contributed by atoms with Crippen LogP contribution in [-0.4, -0.2) is 36.6 Å². The molecular weight excluding hydrogens is 594 g/mol. The normalized spacial score (nSPS) is 23.4. The number of hydrogen-bond donors (Lipinski definition) is 0. The number of fused-ring (bicyclic) bond motifs is 3. The first-order chi connectivity index (χ1) is 21.0. The minimum Gasteiger partial charge on any atom is -0.399 e. The van der Waals surface area contributed by atoms with Crippen LogP contribution in [0.2, 0.25) is 0 Å². The molecule has 2 fully saturated rings. The van der Waals surface area contributed by atoms with Gasteiger partial charge >= 0.3 is 14.2 Å². The summed E-state index contributed by atoms with van der Waals surface area (Å²) in [6, 6.07) is 5.00. The molecule has 2 atom stereocenters. The van der Waals surface area contributed by atoms with Gasteiger partial charge in [-0.05, 0) is 103 Å². The molecule has 2 unspecified atom stereocenters. The molecule has 45 heavy (non-hydrogen) atoms. The SMILES string of the molecule is CCCCC(CC)CC1(CC(CC)CCCC)c2cc(B3OC(C)(C)C(C)(C)O3)sc2-c2sc(B3OC(C)(C)C(C)(C)O3)cc21. The Bertz CT molecular complexity index is 1190. The summed E-state index contributed by atoms with van der Waals surface area (Å²) in [5.74, 6) is 1.38. The molecule has 4 heterocycles. The first-order valence-corrected chi connectivity index (χ1v) is 19.7. The molecule has 250 valence electrons. The Labute approximate surface area is 284 Å². The van der Waals surface area contributed by atoms with Gasteiger partial charge in [0.1, 0.15) is 0 Å². The molecule has 8 heteroatoms. The quantitative estimate of drug-likeness (QED) is 0.190. The van der Waals surface area contributed by atoms with Crippen molar-refractivity contribution < 1.29 is 18.6 Å². The molecule has 0 radical (unpaired) electrons. The molecule has 5 rings (SSSR count). The van der Waals surface area contributed by atoms with Crippen LogP contribution in [0.15, 0.2) is 12.1 Å². The molecule has 2 aromatic rings. The number of rotatable bonds is 14. The summed E-state index contributed by atoms with van der Waals surface area (Å²) in [7, 11) is -0.670. The fourth-order valence-electron chi connectivity index (χ4n) is 7.56. The maximum atomic E-state index is 6.64. The van der Waals surface area contributed by atoms with Gasteiger partial charge in [0, 0.05) is 24.7 Å². The van der Waals surface area contributed by atoms with E-state index >= 15 is 0 Å². The standard InChI is InChI=1S/C37H60B2O4S2/c1-13-17-19-25(15-3)23-37(24-26(16-4)20-18-14-2)27-21-29(38-40-33(5,6)34(7,8)41-38)44-31(27)32-28(37)22-30(45-32)39-42-35(9,10)36(11,12)43-39/h21-22,25-26H,13-20,23-24H2,1-12H3. The van der Waals surface area contributed by atoms with Gasteiger partial charge < -0.3 is 18.6 Å². The van der Waals surface area contributed by atoms with E-state index in [1.54, 1.807) is 0 Å². The van der Waals surface area contributed by atoms with E-state index in [1.165, 1.54) is 94.6 Å². The monoisotopic (exact) mass is 654 g/mol. The lowest BCUT2D eigenvalue weighted by atomic mass is 9.65. The highest BCUT2D eigenvalue weighted by Crippen LogP contribution is 2.59. The molecule has 2 saturated heterocycles. The second-order valence-corrected chi connectivity index (χ2v) is 18.5. The molecule has 0 bridgehead atoms. The van der Waals surface area contributed by atoms with E-state index in [1.807, 2.05) is 22.7 Å². The van der Waals surface area contributed by atoms with Crippen molar-refractivity contribution >= 4 is 46.5 Å². The van der Waals surface area contributed by atoms with Crippen molar-refractivity contribution in [2.75, 3.05) is 0 Å². The fourth-order valence-corrected chi connectivity index (χ4v) is 10.2. The summed E-state index contributed by atoms with van der Waals surface area (Å²) in [5.41, 5.74) is 1.60. The number of hydrogen-bond acceptors (Lipinski definition) is 6. The minimum atomic E-state index is -0.359. The molecule has 4 nitrogen and oxygen atoms in total. The van der Waals surface area contributed by atoms with Crippen molar-refractivity contribution in [1.82, 2.24) is 0 Å². The maximum Gasteiger partial charge on any atom is 0.505 e. The third-order valence-electron chi connectivity index (χ3n) is 12.1. The van der Waals surface area contributed by atoms with Crippen LogP contribution in [0.1, 0.15) is 158 Å². The van der Waals surface area contributed by atoms with Crippen LogP contribution in [0.25, 0.3) is 9.75 Å². The summed E-state index contributed by atoms with van der Waals surface area (Å²) in [5, 5.41) is 0. The highest BCUT2D eigenvalue weighted by atomic mass is 32.1. The molecule has 0 aromatic carbocycles. The molecule has 2 aromatic heterocycles. The molecular formula is C37H60B2O4S2. The van der Waals surface area contributed by atoms with Crippen molar-refractivity contribution in [2.24, 2.45) is 11.8 Å². The largest absolute Gasteiger partial charge is 0.505 e. The lowest BCUT2D eigenvalue weighted by molar-refractivity contribution is 0.00578. The van der Waals surface area contributed by atoms with Crippen molar-refractivity contribution in [3.05, 3.63) is 23.3 Å². The third kappa shape index (κ3) is 6.44. The number of thiophene rings is 2. The van der Waals surface area contributed by atoms with E-state index in [2.05, 4.69) is 95.2 Å². The van der Waals surface area contributed by atoms with Gasteiger partial charge in [0.25, 0.3) is 0 Å². The zero-order chi connectivity index (χ0) is 33.0. The van der Waals surface area contributed by atoms with Crippen LogP contribution in [0.3, 0.4) is 0 Å². The average molecular weight is 655 g/mol. The predicted molar refractivity (Wildman–Crippen MR) is 196 cm³/mol. The summed E-state index contributed by atoms with van der Waals surface area (Å²) >= 11 is 3.81. The fraction of sp³-hybridized carbons (Fsp3) is 0.784. The molecule has 0 amide bonds. The highest BCUT2D eigenvalue weighted by molar-refractivity contribution is 7.31. The van der Waals surface area contributed by atoms with Crippen LogP contribution in [0, 0.1) is 11.8 Å². The van der Waals surface area contributed by atoms with Crippen LogP contribution < -0.4 is 9.55 Å². The van der Waals surface area contributed by atoms with Crippen LogP contribution in [0.4, 0.5) is 0 Å². The van der Waals surface area contributed by atoms with E-state index < -0.39 is 0 Å². The highest BCUT2D eigenvalue weighted by Gasteiger charge is 2.56. The van der Waals surface area contributed by atoms with E-state index in [0.29, 0.717) is 11.8 Å². The van der Waals surface area contributed by atoms with Gasteiger partial charge in [-0.25, -0.2) is 0 Å². The minimum absolute atomic E-state index is 0.0235. The van der Waals surface area contributed by atoms with Crippen LogP contribution in [0.5, 0.6) is 0 Å². The lowest BCUT2D eigenvalue weighted by Gasteiger charge is -2.38. The molecule has 2 aliphatic heterocycles. The van der Waals surface area contributed by atoms with Crippen molar-refractivity contribution in [3.63, 3.8) is 0 Å². The van der Waals surface area contributed by atoms with E-state index in [0.717, 1.165) is 0 Å².